The van der Waals surface area contributed by atoms with Gasteiger partial charge in [-0.05, 0) is 26.0 Å². The Hall–Kier alpha value is -0.970. The summed E-state index contributed by atoms with van der Waals surface area (Å²) in [5.74, 6) is 0.0264. The van der Waals surface area contributed by atoms with Gasteiger partial charge in [-0.2, -0.15) is 0 Å². The molecule has 0 aliphatic heterocycles. The Bertz CT molecular complexity index is 400. The zero-order valence-electron chi connectivity index (χ0n) is 12.0. The number of rotatable bonds is 7. The Kier molecular flexibility index (Phi) is 5.91. The highest BCUT2D eigenvalue weighted by atomic mass is 32.1. The third-order valence-electron chi connectivity index (χ3n) is 3.04. The fourth-order valence-corrected chi connectivity index (χ4v) is 2.37. The van der Waals surface area contributed by atoms with Crippen molar-refractivity contribution in [3.8, 4) is 0 Å². The van der Waals surface area contributed by atoms with E-state index < -0.39 is 5.60 Å². The first-order valence-corrected chi connectivity index (χ1v) is 7.03. The number of nitrogens with zero attached hydrogens (tertiary/aromatic N) is 1. The van der Waals surface area contributed by atoms with Crippen molar-refractivity contribution < 1.29 is 5.11 Å². The lowest BCUT2D eigenvalue weighted by Gasteiger charge is -2.31. The van der Waals surface area contributed by atoms with Gasteiger partial charge in [0.1, 0.15) is 0 Å². The third kappa shape index (κ3) is 5.68. The lowest BCUT2D eigenvalue weighted by atomic mass is 9.97. The monoisotopic (exact) mass is 280 g/mol. The van der Waals surface area contributed by atoms with Crippen molar-refractivity contribution in [1.29, 1.82) is 0 Å². The maximum Gasteiger partial charge on any atom is 0.0816 e. The molecule has 0 aliphatic carbocycles. The van der Waals surface area contributed by atoms with Crippen LogP contribution in [0.15, 0.2) is 30.3 Å². The molecule has 3 nitrogen and oxygen atoms in total. The van der Waals surface area contributed by atoms with Crippen LogP contribution in [0.2, 0.25) is 0 Å². The molecule has 0 heterocycles. The topological polar surface area (TPSA) is 49.5 Å². The number of nitrogens with two attached hydrogens (primary N) is 1. The number of likely N-dealkylation sites (N-methyl/N-ethyl adjacent to an activating group) is 1. The van der Waals surface area contributed by atoms with Gasteiger partial charge < -0.3 is 10.8 Å². The van der Waals surface area contributed by atoms with Crippen LogP contribution in [0.5, 0.6) is 0 Å². The van der Waals surface area contributed by atoms with Crippen LogP contribution in [0.25, 0.3) is 0 Å². The summed E-state index contributed by atoms with van der Waals surface area (Å²) in [5.41, 5.74) is 6.29. The summed E-state index contributed by atoms with van der Waals surface area (Å²) in [7, 11) is 0. The lowest BCUT2D eigenvalue weighted by Crippen LogP contribution is -2.42. The van der Waals surface area contributed by atoms with Crippen molar-refractivity contribution in [3.05, 3.63) is 35.9 Å². The molecule has 3 N–H and O–H groups in total. The molecule has 0 radical (unpaired) electrons. The molecule has 0 fully saturated rings. The van der Waals surface area contributed by atoms with Crippen molar-refractivity contribution in [2.24, 2.45) is 5.73 Å². The number of hydrogen-bond donors (Lipinski definition) is 2. The van der Waals surface area contributed by atoms with Gasteiger partial charge in [0.2, 0.25) is 0 Å². The van der Waals surface area contributed by atoms with Gasteiger partial charge in [-0.25, -0.2) is 0 Å². The normalized spacial score (nSPS) is 13.5. The Labute approximate surface area is 121 Å². The fraction of sp³-hybridized carbons (Fsp3) is 0.533. The second-order valence-corrected chi connectivity index (χ2v) is 5.98. The minimum absolute atomic E-state index is 0.0264. The lowest BCUT2D eigenvalue weighted by molar-refractivity contribution is 0.0375. The summed E-state index contributed by atoms with van der Waals surface area (Å²) < 4.78 is 0. The maximum absolute atomic E-state index is 9.94. The summed E-state index contributed by atoms with van der Waals surface area (Å²) in [5, 5.41) is 9.94. The largest absolute Gasteiger partial charge is 0.393 e. The van der Waals surface area contributed by atoms with Crippen LogP contribution >= 0.6 is 12.2 Å². The van der Waals surface area contributed by atoms with Gasteiger partial charge in [0.05, 0.1) is 10.6 Å². The Morgan fingerprint density at radius 1 is 1.37 bits per heavy atom. The molecule has 1 rings (SSSR count). The van der Waals surface area contributed by atoms with E-state index in [-0.39, 0.29) is 5.92 Å². The van der Waals surface area contributed by atoms with Crippen molar-refractivity contribution in [2.45, 2.75) is 32.3 Å². The third-order valence-corrected chi connectivity index (χ3v) is 3.33. The summed E-state index contributed by atoms with van der Waals surface area (Å²) in [6, 6.07) is 10.1. The van der Waals surface area contributed by atoms with Crippen molar-refractivity contribution in [3.63, 3.8) is 0 Å². The molecular formula is C15H24N2OS. The van der Waals surface area contributed by atoms with Gasteiger partial charge in [-0.1, -0.05) is 49.5 Å². The number of hydrogen-bond acceptors (Lipinski definition) is 3. The minimum atomic E-state index is -0.715. The van der Waals surface area contributed by atoms with Crippen molar-refractivity contribution in [2.75, 3.05) is 19.6 Å². The Morgan fingerprint density at radius 3 is 2.37 bits per heavy atom. The van der Waals surface area contributed by atoms with Crippen molar-refractivity contribution in [1.82, 2.24) is 4.90 Å². The quantitative estimate of drug-likeness (QED) is 0.751. The van der Waals surface area contributed by atoms with E-state index in [0.29, 0.717) is 11.5 Å². The highest BCUT2D eigenvalue weighted by Crippen LogP contribution is 2.18. The maximum atomic E-state index is 9.94. The van der Waals surface area contributed by atoms with E-state index in [9.17, 15) is 5.11 Å². The van der Waals surface area contributed by atoms with E-state index in [4.69, 9.17) is 18.0 Å². The fourth-order valence-electron chi connectivity index (χ4n) is 2.16. The SMILES string of the molecule is CCN(CC(C(N)=S)c1ccccc1)CC(C)(C)O. The van der Waals surface area contributed by atoms with Gasteiger partial charge in [-0.3, -0.25) is 4.90 Å². The molecule has 0 saturated heterocycles. The summed E-state index contributed by atoms with van der Waals surface area (Å²) >= 11 is 5.20. The molecule has 0 aliphatic rings. The molecule has 0 spiro atoms. The first kappa shape index (κ1) is 16.1. The van der Waals surface area contributed by atoms with Crippen LogP contribution in [-0.2, 0) is 0 Å². The minimum Gasteiger partial charge on any atom is -0.393 e. The van der Waals surface area contributed by atoms with E-state index in [2.05, 4.69) is 11.8 Å². The van der Waals surface area contributed by atoms with Crippen LogP contribution in [0.3, 0.4) is 0 Å². The zero-order chi connectivity index (χ0) is 14.5. The highest BCUT2D eigenvalue weighted by Gasteiger charge is 2.22. The average Bonchev–Trinajstić information content (AvgIpc) is 2.33. The first-order chi connectivity index (χ1) is 8.83. The second-order valence-electron chi connectivity index (χ2n) is 5.51. The molecule has 106 valence electrons. The molecule has 1 aromatic carbocycles. The molecule has 0 bridgehead atoms. The summed E-state index contributed by atoms with van der Waals surface area (Å²) in [6.07, 6.45) is 0. The van der Waals surface area contributed by atoms with Gasteiger partial charge >= 0.3 is 0 Å². The van der Waals surface area contributed by atoms with Crippen LogP contribution in [0.1, 0.15) is 32.3 Å². The van der Waals surface area contributed by atoms with Crippen LogP contribution in [0.4, 0.5) is 0 Å². The molecule has 19 heavy (non-hydrogen) atoms. The van der Waals surface area contributed by atoms with E-state index >= 15 is 0 Å². The number of aliphatic hydroxyl groups is 1. The summed E-state index contributed by atoms with van der Waals surface area (Å²) in [6.45, 7) is 7.90. The zero-order valence-corrected chi connectivity index (χ0v) is 12.8. The van der Waals surface area contributed by atoms with E-state index in [1.54, 1.807) is 0 Å². The Morgan fingerprint density at radius 2 is 1.95 bits per heavy atom. The van der Waals surface area contributed by atoms with Gasteiger partial charge in [0.25, 0.3) is 0 Å². The number of thiocarbonyl (C=S) groups is 1. The predicted octanol–water partition coefficient (Wildman–Crippen LogP) is 2.15. The average molecular weight is 280 g/mol. The van der Waals surface area contributed by atoms with E-state index in [1.807, 2.05) is 44.2 Å². The molecule has 1 atom stereocenters. The van der Waals surface area contributed by atoms with Gasteiger partial charge in [0, 0.05) is 19.0 Å². The van der Waals surface area contributed by atoms with Crippen molar-refractivity contribution >= 4 is 17.2 Å². The first-order valence-electron chi connectivity index (χ1n) is 6.62. The Balaban J connectivity index is 2.81. The predicted molar refractivity (Wildman–Crippen MR) is 84.4 cm³/mol. The van der Waals surface area contributed by atoms with E-state index in [0.717, 1.165) is 18.7 Å². The van der Waals surface area contributed by atoms with Crippen LogP contribution < -0.4 is 5.73 Å². The molecule has 4 heteroatoms. The van der Waals surface area contributed by atoms with E-state index in [1.165, 1.54) is 0 Å². The second kappa shape index (κ2) is 6.98. The van der Waals surface area contributed by atoms with Crippen LogP contribution in [-0.4, -0.2) is 40.2 Å². The molecule has 0 amide bonds. The number of benzene rings is 1. The van der Waals surface area contributed by atoms with Gasteiger partial charge in [-0.15, -0.1) is 0 Å². The molecule has 1 unspecified atom stereocenters. The van der Waals surface area contributed by atoms with Crippen LogP contribution in [0, 0.1) is 0 Å². The van der Waals surface area contributed by atoms with Gasteiger partial charge in [0.15, 0.2) is 0 Å². The molecular weight excluding hydrogens is 256 g/mol. The molecule has 0 aromatic heterocycles. The molecule has 1 aromatic rings. The standard InChI is InChI=1S/C15H24N2OS/c1-4-17(11-15(2,3)18)10-13(14(16)19)12-8-6-5-7-9-12/h5-9,13,18H,4,10-11H2,1-3H3,(H2,16,19). The summed E-state index contributed by atoms with van der Waals surface area (Å²) in [4.78, 5) is 2.68. The highest BCUT2D eigenvalue weighted by molar-refractivity contribution is 7.80. The molecule has 0 saturated carbocycles. The smallest absolute Gasteiger partial charge is 0.0816 e.